The molecule has 1 aromatic heterocycles. The van der Waals surface area contributed by atoms with E-state index in [0.29, 0.717) is 11.6 Å². The summed E-state index contributed by atoms with van der Waals surface area (Å²) in [5.41, 5.74) is 7.42. The van der Waals surface area contributed by atoms with Gasteiger partial charge < -0.3 is 21.1 Å². The van der Waals surface area contributed by atoms with Crippen molar-refractivity contribution in [2.45, 2.75) is 0 Å². The molecule has 32 heavy (non-hydrogen) atoms. The molecule has 3 aromatic carbocycles. The smallest absolute Gasteiger partial charge is 0.265 e. The lowest BCUT2D eigenvalue weighted by Gasteiger charge is -2.10. The Hall–Kier alpha value is -4.65. The number of carbonyl (C=O) groups excluding carboxylic acids is 1. The van der Waals surface area contributed by atoms with Gasteiger partial charge in [-0.05, 0) is 48.0 Å². The molecule has 0 saturated heterocycles. The van der Waals surface area contributed by atoms with E-state index in [2.05, 4.69) is 20.6 Å². The number of nitrogens with two attached hydrogens (primary N) is 1. The molecule has 0 atom stereocenters. The van der Waals surface area contributed by atoms with E-state index < -0.39 is 5.91 Å². The summed E-state index contributed by atoms with van der Waals surface area (Å²) >= 11 is 0. The van der Waals surface area contributed by atoms with Crippen LogP contribution in [0.25, 0.3) is 6.08 Å². The summed E-state index contributed by atoms with van der Waals surface area (Å²) in [6.45, 7) is 0. The van der Waals surface area contributed by atoms with E-state index in [-0.39, 0.29) is 5.70 Å². The van der Waals surface area contributed by atoms with Crippen LogP contribution in [-0.2, 0) is 4.79 Å². The van der Waals surface area contributed by atoms with E-state index in [1.54, 1.807) is 12.1 Å². The minimum absolute atomic E-state index is 0.225. The number of para-hydroxylation sites is 1. The number of aromatic nitrogens is 2. The van der Waals surface area contributed by atoms with Gasteiger partial charge in [0.15, 0.2) is 0 Å². The van der Waals surface area contributed by atoms with E-state index in [4.69, 9.17) is 10.5 Å². The lowest BCUT2D eigenvalue weighted by atomic mass is 10.2. The molecule has 158 valence electrons. The zero-order chi connectivity index (χ0) is 22.2. The summed E-state index contributed by atoms with van der Waals surface area (Å²) in [7, 11) is 0. The summed E-state index contributed by atoms with van der Waals surface area (Å²) < 4.78 is 5.80. The van der Waals surface area contributed by atoms with E-state index in [9.17, 15) is 4.79 Å². The van der Waals surface area contributed by atoms with Gasteiger partial charge in [-0.2, -0.15) is 0 Å². The van der Waals surface area contributed by atoms with Crippen molar-refractivity contribution in [2.24, 2.45) is 5.73 Å². The molecule has 0 radical (unpaired) electrons. The molecule has 0 bridgehead atoms. The fraction of sp³-hybridized carbons (Fsp3) is 0. The van der Waals surface area contributed by atoms with Gasteiger partial charge in [-0.1, -0.05) is 48.5 Å². The van der Waals surface area contributed by atoms with Crippen LogP contribution < -0.4 is 21.1 Å². The fourth-order valence-electron chi connectivity index (χ4n) is 2.90. The van der Waals surface area contributed by atoms with E-state index in [1.807, 2.05) is 84.9 Å². The van der Waals surface area contributed by atoms with Gasteiger partial charge >= 0.3 is 0 Å². The summed E-state index contributed by atoms with van der Waals surface area (Å²) in [4.78, 5) is 20.3. The van der Waals surface area contributed by atoms with Gasteiger partial charge in [0, 0.05) is 11.8 Å². The largest absolute Gasteiger partial charge is 0.457 e. The van der Waals surface area contributed by atoms with Crippen LogP contribution in [0.15, 0.2) is 103 Å². The highest BCUT2D eigenvalue weighted by Gasteiger charge is 2.08. The van der Waals surface area contributed by atoms with Crippen LogP contribution in [0.4, 0.5) is 17.3 Å². The second-order valence-electron chi connectivity index (χ2n) is 6.81. The quantitative estimate of drug-likeness (QED) is 0.347. The Morgan fingerprint density at radius 2 is 1.44 bits per heavy atom. The Kier molecular flexibility index (Phi) is 6.38. The topological polar surface area (TPSA) is 102 Å². The first-order chi connectivity index (χ1) is 15.7. The van der Waals surface area contributed by atoms with Gasteiger partial charge in [0.05, 0.1) is 0 Å². The number of nitrogens with zero attached hydrogens (tertiary/aromatic N) is 2. The maximum atomic E-state index is 11.9. The van der Waals surface area contributed by atoms with Gasteiger partial charge in [-0.15, -0.1) is 0 Å². The standard InChI is InChI=1S/C25H21N5O2/c26-25(31)22(15-18-7-3-1-4-8-18)30-24-16-23(27-17-28-24)29-19-11-13-21(14-12-19)32-20-9-5-2-6-10-20/h1-17H,(H2,26,31)(H2,27,28,29,30). The first-order valence-corrected chi connectivity index (χ1v) is 9.91. The van der Waals surface area contributed by atoms with Crippen molar-refractivity contribution in [2.75, 3.05) is 10.6 Å². The molecule has 0 aliphatic rings. The summed E-state index contributed by atoms with van der Waals surface area (Å²) in [6, 6.07) is 28.2. The first-order valence-electron chi connectivity index (χ1n) is 9.91. The van der Waals surface area contributed by atoms with Gasteiger partial charge in [0.2, 0.25) is 0 Å². The zero-order valence-electron chi connectivity index (χ0n) is 17.1. The molecule has 4 rings (SSSR count). The molecule has 0 fully saturated rings. The van der Waals surface area contributed by atoms with Crippen LogP contribution in [-0.4, -0.2) is 15.9 Å². The number of nitrogens with one attached hydrogen (secondary N) is 2. The molecule has 4 N–H and O–H groups in total. The number of amides is 1. The maximum Gasteiger partial charge on any atom is 0.265 e. The second kappa shape index (κ2) is 9.90. The summed E-state index contributed by atoms with van der Waals surface area (Å²) in [5.74, 6) is 1.91. The number of hydrogen-bond donors (Lipinski definition) is 3. The Labute approximate surface area is 185 Å². The molecule has 0 aliphatic carbocycles. The number of primary amides is 1. The van der Waals surface area contributed by atoms with Crippen molar-refractivity contribution in [3.8, 4) is 11.5 Å². The van der Waals surface area contributed by atoms with E-state index >= 15 is 0 Å². The predicted molar refractivity (Wildman–Crippen MR) is 126 cm³/mol. The normalized spacial score (nSPS) is 10.9. The highest BCUT2D eigenvalue weighted by atomic mass is 16.5. The van der Waals surface area contributed by atoms with E-state index in [1.165, 1.54) is 6.33 Å². The minimum atomic E-state index is -0.587. The van der Waals surface area contributed by atoms with Crippen LogP contribution in [0.3, 0.4) is 0 Å². The number of ether oxygens (including phenoxy) is 1. The van der Waals surface area contributed by atoms with Crippen LogP contribution in [0.5, 0.6) is 11.5 Å². The van der Waals surface area contributed by atoms with Gasteiger partial charge in [0.25, 0.3) is 5.91 Å². The van der Waals surface area contributed by atoms with Crippen molar-refractivity contribution in [3.05, 3.63) is 109 Å². The Morgan fingerprint density at radius 1 is 0.812 bits per heavy atom. The molecule has 0 saturated carbocycles. The van der Waals surface area contributed by atoms with Crippen molar-refractivity contribution in [1.29, 1.82) is 0 Å². The van der Waals surface area contributed by atoms with E-state index in [0.717, 1.165) is 22.7 Å². The second-order valence-corrected chi connectivity index (χ2v) is 6.81. The van der Waals surface area contributed by atoms with Crippen LogP contribution in [0.1, 0.15) is 5.56 Å². The Morgan fingerprint density at radius 3 is 2.12 bits per heavy atom. The molecular weight excluding hydrogens is 402 g/mol. The molecular formula is C25H21N5O2. The first kappa shape index (κ1) is 20.6. The minimum Gasteiger partial charge on any atom is -0.457 e. The molecule has 0 spiro atoms. The lowest BCUT2D eigenvalue weighted by Crippen LogP contribution is -2.20. The number of benzene rings is 3. The molecule has 4 aromatic rings. The number of anilines is 3. The Bertz CT molecular complexity index is 1210. The van der Waals surface area contributed by atoms with Gasteiger partial charge in [-0.3, -0.25) is 4.79 Å². The van der Waals surface area contributed by atoms with Crippen LogP contribution >= 0.6 is 0 Å². The molecule has 1 amide bonds. The number of hydrogen-bond acceptors (Lipinski definition) is 6. The average Bonchev–Trinajstić information content (AvgIpc) is 2.81. The molecule has 0 aliphatic heterocycles. The van der Waals surface area contributed by atoms with Crippen LogP contribution in [0.2, 0.25) is 0 Å². The predicted octanol–water partition coefficient (Wildman–Crippen LogP) is 4.95. The van der Waals surface area contributed by atoms with Gasteiger partial charge in [-0.25, -0.2) is 9.97 Å². The van der Waals surface area contributed by atoms with Crippen molar-refractivity contribution in [1.82, 2.24) is 9.97 Å². The third-order valence-electron chi connectivity index (χ3n) is 4.41. The molecule has 1 heterocycles. The fourth-order valence-corrected chi connectivity index (χ4v) is 2.90. The van der Waals surface area contributed by atoms with Crippen molar-refractivity contribution in [3.63, 3.8) is 0 Å². The molecule has 7 heteroatoms. The van der Waals surface area contributed by atoms with Crippen molar-refractivity contribution < 1.29 is 9.53 Å². The SMILES string of the molecule is NC(=O)C(=Cc1ccccc1)Nc1cc(Nc2ccc(Oc3ccccc3)cc2)ncn1. The lowest BCUT2D eigenvalue weighted by molar-refractivity contribution is -0.114. The third kappa shape index (κ3) is 5.70. The Balaban J connectivity index is 1.44. The summed E-state index contributed by atoms with van der Waals surface area (Å²) in [6.07, 6.45) is 3.07. The third-order valence-corrected chi connectivity index (χ3v) is 4.41. The van der Waals surface area contributed by atoms with Gasteiger partial charge in [0.1, 0.15) is 35.2 Å². The zero-order valence-corrected chi connectivity index (χ0v) is 17.1. The molecule has 0 unspecified atom stereocenters. The average molecular weight is 423 g/mol. The molecule has 7 nitrogen and oxygen atoms in total. The highest BCUT2D eigenvalue weighted by molar-refractivity contribution is 5.99. The highest BCUT2D eigenvalue weighted by Crippen LogP contribution is 2.24. The monoisotopic (exact) mass is 423 g/mol. The number of carbonyl (C=O) groups is 1. The number of rotatable bonds is 8. The van der Waals surface area contributed by atoms with Crippen molar-refractivity contribution >= 4 is 29.3 Å². The van der Waals surface area contributed by atoms with Crippen LogP contribution in [0, 0.1) is 0 Å². The maximum absolute atomic E-state index is 11.9. The summed E-state index contributed by atoms with van der Waals surface area (Å²) in [5, 5.41) is 6.17.